The van der Waals surface area contributed by atoms with Crippen molar-refractivity contribution in [3.8, 4) is 5.75 Å². The molecule has 0 N–H and O–H groups in total. The first-order valence-corrected chi connectivity index (χ1v) is 11.0. The van der Waals surface area contributed by atoms with Crippen molar-refractivity contribution in [2.45, 2.75) is 33.0 Å². The first kappa shape index (κ1) is 23.1. The van der Waals surface area contributed by atoms with Gasteiger partial charge in [-0.15, -0.1) is 0 Å². The molecule has 162 valence electrons. The number of nitrogens with zero attached hydrogens (tertiary/aromatic N) is 2. The average molecular weight is 504 g/mol. The smallest absolute Gasteiger partial charge is 0.415 e. The van der Waals surface area contributed by atoms with Crippen LogP contribution in [0.2, 0.25) is 0 Å². The van der Waals surface area contributed by atoms with E-state index in [1.54, 1.807) is 18.3 Å². The van der Waals surface area contributed by atoms with Crippen molar-refractivity contribution in [1.29, 1.82) is 0 Å². The molecule has 7 heteroatoms. The largest absolute Gasteiger partial charge is 0.487 e. The number of amides is 1. The molecule has 1 amide bonds. The zero-order chi connectivity index (χ0) is 22.4. The molecule has 0 radical (unpaired) electrons. The van der Waals surface area contributed by atoms with Gasteiger partial charge in [0.05, 0.1) is 5.69 Å². The number of ether oxygens (including phenoxy) is 2. The van der Waals surface area contributed by atoms with E-state index in [0.29, 0.717) is 23.6 Å². The molecule has 0 aliphatic carbocycles. The van der Waals surface area contributed by atoms with Crippen LogP contribution in [0.25, 0.3) is 10.9 Å². The average Bonchev–Trinajstić information content (AvgIpc) is 2.71. The molecule has 0 saturated heterocycles. The quantitative estimate of drug-likeness (QED) is 0.361. The fraction of sp³-hybridized carbons (Fsp3) is 0.250. The Labute approximate surface area is 195 Å². The summed E-state index contributed by atoms with van der Waals surface area (Å²) in [5, 5.41) is 0.832. The van der Waals surface area contributed by atoms with Gasteiger partial charge in [0.15, 0.2) is 0 Å². The van der Waals surface area contributed by atoms with Crippen molar-refractivity contribution in [1.82, 2.24) is 4.98 Å². The fourth-order valence-electron chi connectivity index (χ4n) is 2.92. The van der Waals surface area contributed by atoms with Crippen LogP contribution >= 0.6 is 27.5 Å². The second-order valence-corrected chi connectivity index (χ2v) is 9.06. The molecule has 0 fully saturated rings. The Morgan fingerprint density at radius 1 is 1.19 bits per heavy atom. The van der Waals surface area contributed by atoms with Crippen LogP contribution in [0.15, 0.2) is 70.8 Å². The lowest BCUT2D eigenvalue weighted by atomic mass is 10.1. The lowest BCUT2D eigenvalue weighted by Gasteiger charge is -2.27. The van der Waals surface area contributed by atoms with Crippen molar-refractivity contribution in [3.05, 3.63) is 76.4 Å². The summed E-state index contributed by atoms with van der Waals surface area (Å²) in [4.78, 5) is 19.0. The fourth-order valence-corrected chi connectivity index (χ4v) is 3.35. The van der Waals surface area contributed by atoms with Crippen LogP contribution in [0.3, 0.4) is 0 Å². The molecule has 2 aromatic carbocycles. The number of fused-ring (bicyclic) bond motifs is 1. The van der Waals surface area contributed by atoms with Crippen molar-refractivity contribution >= 4 is 50.2 Å². The normalized spacial score (nSPS) is 11.6. The van der Waals surface area contributed by atoms with E-state index in [9.17, 15) is 4.79 Å². The standard InChI is InChI=1S/C24H24BrClN2O3/c1-24(2,3)31-23(29)28(11-7-10-26)20-13-18-12-19(25)15-27-22(18)21(14-20)30-16-17-8-5-4-6-9-17/h4-10,12-15H,11,16H2,1-3H3/b10-7+. The molecule has 3 aromatic rings. The maximum absolute atomic E-state index is 12.9. The molecule has 1 aromatic heterocycles. The highest BCUT2D eigenvalue weighted by atomic mass is 79.9. The van der Waals surface area contributed by atoms with Crippen LogP contribution in [0.5, 0.6) is 5.75 Å². The lowest BCUT2D eigenvalue weighted by Crippen LogP contribution is -2.37. The molecule has 0 unspecified atom stereocenters. The molecule has 0 bridgehead atoms. The van der Waals surface area contributed by atoms with Crippen LogP contribution in [0.4, 0.5) is 10.5 Å². The van der Waals surface area contributed by atoms with Crippen LogP contribution in [0, 0.1) is 0 Å². The SMILES string of the molecule is CC(C)(C)OC(=O)N(C/C=C/Cl)c1cc(OCc2ccccc2)c2ncc(Br)cc2c1. The number of pyridine rings is 1. The Kier molecular flexibility index (Phi) is 7.57. The molecule has 0 spiro atoms. The molecule has 3 rings (SSSR count). The predicted octanol–water partition coefficient (Wildman–Crippen LogP) is 7.07. The van der Waals surface area contributed by atoms with Crippen LogP contribution < -0.4 is 9.64 Å². The minimum Gasteiger partial charge on any atom is -0.487 e. The molecule has 1 heterocycles. The van der Waals surface area contributed by atoms with Crippen molar-refractivity contribution < 1.29 is 14.3 Å². The van der Waals surface area contributed by atoms with E-state index in [1.807, 2.05) is 63.2 Å². The van der Waals surface area contributed by atoms with Gasteiger partial charge in [0.1, 0.15) is 23.5 Å². The number of aromatic nitrogens is 1. The number of benzene rings is 2. The number of rotatable bonds is 6. The Bertz CT molecular complexity index is 1080. The minimum atomic E-state index is -0.631. The Morgan fingerprint density at radius 3 is 2.61 bits per heavy atom. The van der Waals surface area contributed by atoms with Crippen molar-refractivity contribution in [2.75, 3.05) is 11.4 Å². The van der Waals surface area contributed by atoms with Gasteiger partial charge in [-0.1, -0.05) is 48.0 Å². The minimum absolute atomic E-state index is 0.253. The summed E-state index contributed by atoms with van der Waals surface area (Å²) in [6, 6.07) is 15.5. The number of carbonyl (C=O) groups is 1. The van der Waals surface area contributed by atoms with E-state index in [-0.39, 0.29) is 6.54 Å². The van der Waals surface area contributed by atoms with Crippen LogP contribution in [-0.4, -0.2) is 23.2 Å². The molecule has 0 atom stereocenters. The zero-order valence-electron chi connectivity index (χ0n) is 17.6. The summed E-state index contributed by atoms with van der Waals surface area (Å²) in [6.45, 7) is 6.12. The van der Waals surface area contributed by atoms with Gasteiger partial charge < -0.3 is 9.47 Å². The van der Waals surface area contributed by atoms with E-state index in [4.69, 9.17) is 21.1 Å². The number of anilines is 1. The van der Waals surface area contributed by atoms with Gasteiger partial charge in [-0.05, 0) is 54.4 Å². The summed E-state index contributed by atoms with van der Waals surface area (Å²) in [5.41, 5.74) is 3.11. The van der Waals surface area contributed by atoms with E-state index in [2.05, 4.69) is 20.9 Å². The number of hydrogen-bond acceptors (Lipinski definition) is 4. The topological polar surface area (TPSA) is 51.7 Å². The first-order chi connectivity index (χ1) is 14.8. The van der Waals surface area contributed by atoms with E-state index < -0.39 is 11.7 Å². The van der Waals surface area contributed by atoms with Crippen molar-refractivity contribution in [3.63, 3.8) is 0 Å². The predicted molar refractivity (Wildman–Crippen MR) is 129 cm³/mol. The second-order valence-electron chi connectivity index (χ2n) is 7.90. The molecule has 0 aliphatic heterocycles. The highest BCUT2D eigenvalue weighted by molar-refractivity contribution is 9.10. The molecule has 0 aliphatic rings. The van der Waals surface area contributed by atoms with E-state index in [1.165, 1.54) is 10.4 Å². The van der Waals surface area contributed by atoms with Gasteiger partial charge in [-0.25, -0.2) is 4.79 Å². The second kappa shape index (κ2) is 10.2. The van der Waals surface area contributed by atoms with Gasteiger partial charge >= 0.3 is 6.09 Å². The van der Waals surface area contributed by atoms with Gasteiger partial charge in [-0.3, -0.25) is 9.88 Å². The third-order valence-electron chi connectivity index (χ3n) is 4.24. The molecular weight excluding hydrogens is 480 g/mol. The Morgan fingerprint density at radius 2 is 1.94 bits per heavy atom. The monoisotopic (exact) mass is 502 g/mol. The van der Waals surface area contributed by atoms with Crippen LogP contribution in [0.1, 0.15) is 26.3 Å². The number of carbonyl (C=O) groups excluding carboxylic acids is 1. The number of hydrogen-bond donors (Lipinski definition) is 0. The summed E-state index contributed by atoms with van der Waals surface area (Å²) >= 11 is 9.20. The van der Waals surface area contributed by atoms with E-state index >= 15 is 0 Å². The maximum atomic E-state index is 12.9. The molecule has 5 nitrogen and oxygen atoms in total. The highest BCUT2D eigenvalue weighted by Gasteiger charge is 2.24. The Balaban J connectivity index is 2.03. The highest BCUT2D eigenvalue weighted by Crippen LogP contribution is 2.33. The third-order valence-corrected chi connectivity index (χ3v) is 4.85. The Hall–Kier alpha value is -2.57. The van der Waals surface area contributed by atoms with Gasteiger partial charge in [0.2, 0.25) is 0 Å². The summed E-state index contributed by atoms with van der Waals surface area (Å²) in [5.74, 6) is 0.576. The van der Waals surface area contributed by atoms with Crippen molar-refractivity contribution in [2.24, 2.45) is 0 Å². The molecular formula is C24H24BrClN2O3. The lowest BCUT2D eigenvalue weighted by molar-refractivity contribution is 0.0584. The van der Waals surface area contributed by atoms with Crippen LogP contribution in [-0.2, 0) is 11.3 Å². The maximum Gasteiger partial charge on any atom is 0.415 e. The first-order valence-electron chi connectivity index (χ1n) is 9.78. The molecule has 31 heavy (non-hydrogen) atoms. The summed E-state index contributed by atoms with van der Waals surface area (Å²) < 4.78 is 12.6. The van der Waals surface area contributed by atoms with E-state index in [0.717, 1.165) is 15.4 Å². The summed E-state index contributed by atoms with van der Waals surface area (Å²) in [7, 11) is 0. The van der Waals surface area contributed by atoms with Gasteiger partial charge in [0, 0.05) is 34.2 Å². The number of halogens is 2. The third kappa shape index (κ3) is 6.45. The summed E-state index contributed by atoms with van der Waals surface area (Å²) in [6.07, 6.45) is 2.93. The van der Waals surface area contributed by atoms with Gasteiger partial charge in [0.25, 0.3) is 0 Å². The molecule has 0 saturated carbocycles. The van der Waals surface area contributed by atoms with Gasteiger partial charge in [-0.2, -0.15) is 0 Å². The zero-order valence-corrected chi connectivity index (χ0v) is 20.0.